The first-order valence-corrected chi connectivity index (χ1v) is 7.14. The Balaban J connectivity index is 2.16. The molecule has 2 rings (SSSR count). The fraction of sp³-hybridized carbons (Fsp3) is 0.357. The number of anilines is 1. The summed E-state index contributed by atoms with van der Waals surface area (Å²) in [6.45, 7) is 5.69. The molecule has 0 aliphatic rings. The van der Waals surface area contributed by atoms with Crippen LogP contribution in [0.2, 0.25) is 10.0 Å². The number of nitrogens with one attached hydrogen (secondary N) is 1. The maximum Gasteiger partial charge on any atom is 0.0722 e. The molecule has 0 saturated carbocycles. The number of halogens is 2. The normalized spacial score (nSPS) is 10.7. The number of aryl methyl sites for hydroxylation is 2. The third kappa shape index (κ3) is 3.23. The molecule has 5 heteroatoms. The van der Waals surface area contributed by atoms with Crippen LogP contribution in [0, 0.1) is 0 Å². The molecule has 0 aliphatic carbocycles. The predicted molar refractivity (Wildman–Crippen MR) is 81.1 cm³/mol. The lowest BCUT2D eigenvalue weighted by molar-refractivity contribution is 0.619. The summed E-state index contributed by atoms with van der Waals surface area (Å²) in [5.41, 5.74) is 3.01. The second-order valence-electron chi connectivity index (χ2n) is 4.25. The van der Waals surface area contributed by atoms with Crippen LogP contribution in [0.25, 0.3) is 0 Å². The molecule has 1 aromatic heterocycles. The summed E-state index contributed by atoms with van der Waals surface area (Å²) in [6.07, 6.45) is 0.937. The minimum absolute atomic E-state index is 0.630. The van der Waals surface area contributed by atoms with Crippen molar-refractivity contribution in [3.8, 4) is 0 Å². The monoisotopic (exact) mass is 297 g/mol. The molecular formula is C14H17Cl2N3. The molecule has 0 spiro atoms. The highest BCUT2D eigenvalue weighted by molar-refractivity contribution is 6.39. The van der Waals surface area contributed by atoms with Crippen molar-refractivity contribution in [1.82, 2.24) is 9.78 Å². The van der Waals surface area contributed by atoms with Crippen LogP contribution in [-0.2, 0) is 19.5 Å². The second-order valence-corrected chi connectivity index (χ2v) is 5.06. The topological polar surface area (TPSA) is 29.9 Å². The van der Waals surface area contributed by atoms with Crippen molar-refractivity contribution < 1.29 is 0 Å². The first-order valence-electron chi connectivity index (χ1n) is 6.39. The van der Waals surface area contributed by atoms with Crippen LogP contribution in [-0.4, -0.2) is 9.78 Å². The highest BCUT2D eigenvalue weighted by Gasteiger charge is 2.08. The molecular weight excluding hydrogens is 281 g/mol. The first-order chi connectivity index (χ1) is 9.15. The summed E-state index contributed by atoms with van der Waals surface area (Å²) in [5, 5.41) is 9.06. The van der Waals surface area contributed by atoms with Crippen LogP contribution < -0.4 is 5.32 Å². The number of nitrogens with zero attached hydrogens (tertiary/aromatic N) is 2. The SMILES string of the molecule is CCc1cc(CNc2c(Cl)cccc2Cl)n(CC)n1. The summed E-state index contributed by atoms with van der Waals surface area (Å²) in [4.78, 5) is 0. The number of rotatable bonds is 5. The molecule has 1 N–H and O–H groups in total. The van der Waals surface area contributed by atoms with Gasteiger partial charge in [0.25, 0.3) is 0 Å². The van der Waals surface area contributed by atoms with Crippen LogP contribution in [0.5, 0.6) is 0 Å². The number of aromatic nitrogens is 2. The standard InChI is InChI=1S/C14H17Cl2N3/c1-3-10-8-11(19(4-2)18-10)9-17-14-12(15)6-5-7-13(14)16/h5-8,17H,3-4,9H2,1-2H3. The lowest BCUT2D eigenvalue weighted by atomic mass is 10.3. The summed E-state index contributed by atoms with van der Waals surface area (Å²) >= 11 is 12.3. The van der Waals surface area contributed by atoms with Gasteiger partial charge in [-0.2, -0.15) is 5.10 Å². The molecule has 0 unspecified atom stereocenters. The van der Waals surface area contributed by atoms with Crippen molar-refractivity contribution in [2.75, 3.05) is 5.32 Å². The number of benzene rings is 1. The lowest BCUT2D eigenvalue weighted by Gasteiger charge is -2.11. The van der Waals surface area contributed by atoms with E-state index in [9.17, 15) is 0 Å². The Bertz CT molecular complexity index is 544. The fourth-order valence-corrected chi connectivity index (χ4v) is 2.48. The smallest absolute Gasteiger partial charge is 0.0722 e. The van der Waals surface area contributed by atoms with Gasteiger partial charge in [-0.3, -0.25) is 4.68 Å². The molecule has 1 heterocycles. The molecule has 0 saturated heterocycles. The molecule has 3 nitrogen and oxygen atoms in total. The van der Waals surface area contributed by atoms with Crippen LogP contribution in [0.1, 0.15) is 25.2 Å². The Morgan fingerprint density at radius 3 is 2.47 bits per heavy atom. The van der Waals surface area contributed by atoms with Crippen molar-refractivity contribution in [1.29, 1.82) is 0 Å². The number of para-hydroxylation sites is 1. The van der Waals surface area contributed by atoms with Gasteiger partial charge in [0.2, 0.25) is 0 Å². The highest BCUT2D eigenvalue weighted by Crippen LogP contribution is 2.30. The summed E-state index contributed by atoms with van der Waals surface area (Å²) in [5.74, 6) is 0. The lowest BCUT2D eigenvalue weighted by Crippen LogP contribution is -2.08. The van der Waals surface area contributed by atoms with Gasteiger partial charge in [0.1, 0.15) is 0 Å². The van der Waals surface area contributed by atoms with E-state index in [1.807, 2.05) is 22.9 Å². The first kappa shape index (κ1) is 14.2. The van der Waals surface area contributed by atoms with E-state index in [-0.39, 0.29) is 0 Å². The van der Waals surface area contributed by atoms with Gasteiger partial charge < -0.3 is 5.32 Å². The van der Waals surface area contributed by atoms with Crippen molar-refractivity contribution in [3.63, 3.8) is 0 Å². The Morgan fingerprint density at radius 1 is 1.21 bits per heavy atom. The summed E-state index contributed by atoms with van der Waals surface area (Å²) < 4.78 is 2.00. The van der Waals surface area contributed by atoms with Crippen LogP contribution in [0.15, 0.2) is 24.3 Å². The zero-order valence-electron chi connectivity index (χ0n) is 11.1. The fourth-order valence-electron chi connectivity index (χ4n) is 1.95. The van der Waals surface area contributed by atoms with Gasteiger partial charge in [0, 0.05) is 6.54 Å². The maximum absolute atomic E-state index is 6.13. The van der Waals surface area contributed by atoms with Crippen molar-refractivity contribution in [3.05, 3.63) is 45.7 Å². The van der Waals surface area contributed by atoms with Gasteiger partial charge in [-0.25, -0.2) is 0 Å². The van der Waals surface area contributed by atoms with Gasteiger partial charge in [-0.1, -0.05) is 36.2 Å². The molecule has 0 fully saturated rings. The molecule has 0 radical (unpaired) electrons. The van der Waals surface area contributed by atoms with E-state index in [1.165, 1.54) is 0 Å². The van der Waals surface area contributed by atoms with Crippen molar-refractivity contribution in [2.45, 2.75) is 33.4 Å². The van der Waals surface area contributed by atoms with E-state index in [0.29, 0.717) is 16.6 Å². The Morgan fingerprint density at radius 2 is 1.89 bits per heavy atom. The average molecular weight is 298 g/mol. The predicted octanol–water partition coefficient (Wildman–Crippen LogP) is 4.38. The molecule has 1 aromatic carbocycles. The Kier molecular flexibility index (Phi) is 4.72. The van der Waals surface area contributed by atoms with E-state index in [0.717, 1.165) is 30.0 Å². The zero-order chi connectivity index (χ0) is 13.8. The third-order valence-electron chi connectivity index (χ3n) is 2.98. The Hall–Kier alpha value is -1.19. The van der Waals surface area contributed by atoms with Gasteiger partial charge >= 0.3 is 0 Å². The van der Waals surface area contributed by atoms with E-state index < -0.39 is 0 Å². The van der Waals surface area contributed by atoms with Crippen LogP contribution >= 0.6 is 23.2 Å². The third-order valence-corrected chi connectivity index (χ3v) is 3.61. The van der Waals surface area contributed by atoms with E-state index in [2.05, 4.69) is 30.3 Å². The molecule has 0 aliphatic heterocycles. The molecule has 0 bridgehead atoms. The molecule has 2 aromatic rings. The van der Waals surface area contributed by atoms with Crippen LogP contribution in [0.4, 0.5) is 5.69 Å². The minimum Gasteiger partial charge on any atom is -0.377 e. The van der Waals surface area contributed by atoms with Crippen LogP contribution in [0.3, 0.4) is 0 Å². The van der Waals surface area contributed by atoms with E-state index in [4.69, 9.17) is 23.2 Å². The van der Waals surface area contributed by atoms with Crippen molar-refractivity contribution >= 4 is 28.9 Å². The number of hydrogen-bond acceptors (Lipinski definition) is 2. The summed E-state index contributed by atoms with van der Waals surface area (Å²) in [7, 11) is 0. The second kappa shape index (κ2) is 6.31. The average Bonchev–Trinajstić information content (AvgIpc) is 2.80. The van der Waals surface area contributed by atoms with E-state index in [1.54, 1.807) is 0 Å². The van der Waals surface area contributed by atoms with E-state index >= 15 is 0 Å². The largest absolute Gasteiger partial charge is 0.377 e. The Labute approximate surface area is 123 Å². The summed E-state index contributed by atoms with van der Waals surface area (Å²) in [6, 6.07) is 7.59. The highest BCUT2D eigenvalue weighted by atomic mass is 35.5. The van der Waals surface area contributed by atoms with Gasteiger partial charge in [0.05, 0.1) is 33.7 Å². The zero-order valence-corrected chi connectivity index (χ0v) is 12.6. The minimum atomic E-state index is 0.630. The quantitative estimate of drug-likeness (QED) is 0.887. The van der Waals surface area contributed by atoms with Gasteiger partial charge in [-0.05, 0) is 31.5 Å². The molecule has 102 valence electrons. The molecule has 0 atom stereocenters. The van der Waals surface area contributed by atoms with Gasteiger partial charge in [0.15, 0.2) is 0 Å². The maximum atomic E-state index is 6.13. The van der Waals surface area contributed by atoms with Gasteiger partial charge in [-0.15, -0.1) is 0 Å². The molecule has 19 heavy (non-hydrogen) atoms. The number of hydrogen-bond donors (Lipinski definition) is 1. The van der Waals surface area contributed by atoms with Crippen molar-refractivity contribution in [2.24, 2.45) is 0 Å². The molecule has 0 amide bonds.